The third kappa shape index (κ3) is 4.51. The minimum absolute atomic E-state index is 0.0653. The highest BCUT2D eigenvalue weighted by molar-refractivity contribution is 6.30. The largest absolute Gasteiger partial charge is 0.378 e. The van der Waals surface area contributed by atoms with Crippen LogP contribution < -0.4 is 0 Å². The number of rotatable bonds is 4. The van der Waals surface area contributed by atoms with Crippen LogP contribution in [0.1, 0.15) is 18.6 Å². The number of nitrogens with zero attached hydrogens (tertiary/aromatic N) is 3. The lowest BCUT2D eigenvalue weighted by Gasteiger charge is -2.35. The van der Waals surface area contributed by atoms with Crippen LogP contribution >= 0.6 is 11.6 Å². The number of amides is 1. The van der Waals surface area contributed by atoms with Crippen LogP contribution in [0, 0.1) is 5.92 Å². The van der Waals surface area contributed by atoms with E-state index in [1.165, 1.54) is 0 Å². The van der Waals surface area contributed by atoms with Gasteiger partial charge >= 0.3 is 0 Å². The van der Waals surface area contributed by atoms with Gasteiger partial charge in [-0.3, -0.25) is 9.69 Å². The average molecular weight is 390 g/mol. The smallest absolute Gasteiger partial charge is 0.227 e. The van der Waals surface area contributed by atoms with E-state index in [2.05, 4.69) is 10.1 Å². The fraction of sp³-hybridized carbons (Fsp3) is 0.500. The fourth-order valence-corrected chi connectivity index (χ4v) is 3.93. The minimum atomic E-state index is 0.0653. The number of morpholine rings is 1. The van der Waals surface area contributed by atoms with E-state index >= 15 is 0 Å². The Kier molecular flexibility index (Phi) is 5.76. The number of carbonyl (C=O) groups is 1. The Morgan fingerprint density at radius 2 is 1.96 bits per heavy atom. The molecule has 1 amide bonds. The molecule has 0 aliphatic carbocycles. The summed E-state index contributed by atoms with van der Waals surface area (Å²) in [5.41, 5.74) is 1.79. The first-order chi connectivity index (χ1) is 13.2. The molecule has 2 aliphatic rings. The molecule has 0 N–H and O–H groups in total. The second kappa shape index (κ2) is 8.42. The third-order valence-corrected chi connectivity index (χ3v) is 5.51. The standard InChI is InChI=1S/C20H24ClN3O3/c21-17-5-3-15(4-6-17)19-12-18(27-22-19)14-23-7-1-2-16(13-23)20(25)24-8-10-26-11-9-24/h3-6,12,16H,1-2,7-11,13-14H2. The molecule has 0 bridgehead atoms. The molecule has 2 saturated heterocycles. The second-order valence-electron chi connectivity index (χ2n) is 7.20. The van der Waals surface area contributed by atoms with Crippen molar-refractivity contribution in [2.75, 3.05) is 39.4 Å². The molecule has 0 radical (unpaired) electrons. The third-order valence-electron chi connectivity index (χ3n) is 5.26. The SMILES string of the molecule is O=C(C1CCCN(Cc2cc(-c3ccc(Cl)cc3)no2)C1)N1CCOCC1. The van der Waals surface area contributed by atoms with Gasteiger partial charge in [0.2, 0.25) is 5.91 Å². The van der Waals surface area contributed by atoms with Gasteiger partial charge in [-0.25, -0.2) is 0 Å². The van der Waals surface area contributed by atoms with Crippen LogP contribution in [-0.2, 0) is 16.1 Å². The summed E-state index contributed by atoms with van der Waals surface area (Å²) in [4.78, 5) is 17.0. The van der Waals surface area contributed by atoms with Crippen molar-refractivity contribution in [2.45, 2.75) is 19.4 Å². The molecule has 2 aliphatic heterocycles. The average Bonchev–Trinajstić information content (AvgIpc) is 3.17. The monoisotopic (exact) mass is 389 g/mol. The highest BCUT2D eigenvalue weighted by Crippen LogP contribution is 2.24. The van der Waals surface area contributed by atoms with Crippen molar-refractivity contribution in [2.24, 2.45) is 5.92 Å². The van der Waals surface area contributed by atoms with E-state index in [-0.39, 0.29) is 11.8 Å². The molecule has 0 spiro atoms. The lowest BCUT2D eigenvalue weighted by atomic mass is 9.96. The first kappa shape index (κ1) is 18.5. The molecule has 7 heteroatoms. The molecular formula is C20H24ClN3O3. The highest BCUT2D eigenvalue weighted by Gasteiger charge is 2.30. The van der Waals surface area contributed by atoms with Gasteiger partial charge in [0.05, 0.1) is 25.7 Å². The molecule has 27 heavy (non-hydrogen) atoms. The predicted molar refractivity (Wildman–Crippen MR) is 102 cm³/mol. The van der Waals surface area contributed by atoms with Gasteiger partial charge in [0.25, 0.3) is 0 Å². The maximum absolute atomic E-state index is 12.8. The molecule has 144 valence electrons. The van der Waals surface area contributed by atoms with E-state index in [1.54, 1.807) is 0 Å². The van der Waals surface area contributed by atoms with Crippen LogP contribution in [0.2, 0.25) is 5.02 Å². The summed E-state index contributed by atoms with van der Waals surface area (Å²) in [5.74, 6) is 1.15. The predicted octanol–water partition coefficient (Wildman–Crippen LogP) is 3.07. The lowest BCUT2D eigenvalue weighted by molar-refractivity contribution is -0.141. The summed E-state index contributed by atoms with van der Waals surface area (Å²) in [6, 6.07) is 9.52. The molecule has 1 aromatic carbocycles. The number of benzene rings is 1. The van der Waals surface area contributed by atoms with E-state index in [4.69, 9.17) is 20.9 Å². The van der Waals surface area contributed by atoms with Crippen molar-refractivity contribution in [1.29, 1.82) is 0 Å². The van der Waals surface area contributed by atoms with Crippen molar-refractivity contribution < 1.29 is 14.1 Å². The van der Waals surface area contributed by atoms with Crippen molar-refractivity contribution in [3.8, 4) is 11.3 Å². The Bertz CT molecular complexity index is 771. The molecule has 4 rings (SSSR count). The summed E-state index contributed by atoms with van der Waals surface area (Å²) in [6.45, 7) is 5.13. The first-order valence-corrected chi connectivity index (χ1v) is 9.87. The van der Waals surface area contributed by atoms with Gasteiger partial charge in [-0.2, -0.15) is 0 Å². The maximum Gasteiger partial charge on any atom is 0.227 e. The van der Waals surface area contributed by atoms with Crippen LogP contribution in [0.25, 0.3) is 11.3 Å². The number of likely N-dealkylation sites (tertiary alicyclic amines) is 1. The Morgan fingerprint density at radius 3 is 2.74 bits per heavy atom. The van der Waals surface area contributed by atoms with E-state index in [0.717, 1.165) is 42.9 Å². The van der Waals surface area contributed by atoms with Gasteiger partial charge in [0.15, 0.2) is 5.76 Å². The Labute approximate surface area is 164 Å². The van der Waals surface area contributed by atoms with E-state index in [1.807, 2.05) is 35.2 Å². The molecule has 1 unspecified atom stereocenters. The number of hydrogen-bond donors (Lipinski definition) is 0. The number of carbonyl (C=O) groups excluding carboxylic acids is 1. The zero-order chi connectivity index (χ0) is 18.6. The van der Waals surface area contributed by atoms with E-state index in [0.29, 0.717) is 37.9 Å². The minimum Gasteiger partial charge on any atom is -0.378 e. The summed E-state index contributed by atoms with van der Waals surface area (Å²) >= 11 is 5.94. The van der Waals surface area contributed by atoms with Crippen LogP contribution in [-0.4, -0.2) is 60.3 Å². The van der Waals surface area contributed by atoms with Crippen LogP contribution in [0.15, 0.2) is 34.9 Å². The summed E-state index contributed by atoms with van der Waals surface area (Å²) in [5, 5.41) is 4.88. The zero-order valence-electron chi connectivity index (χ0n) is 15.3. The van der Waals surface area contributed by atoms with Gasteiger partial charge in [0.1, 0.15) is 5.69 Å². The van der Waals surface area contributed by atoms with Gasteiger partial charge in [-0.05, 0) is 31.5 Å². The van der Waals surface area contributed by atoms with Crippen molar-refractivity contribution in [1.82, 2.24) is 15.0 Å². The molecule has 6 nitrogen and oxygen atoms in total. The number of piperidine rings is 1. The Balaban J connectivity index is 1.36. The molecule has 2 aromatic rings. The van der Waals surface area contributed by atoms with Gasteiger partial charge in [-0.15, -0.1) is 0 Å². The lowest BCUT2D eigenvalue weighted by Crippen LogP contribution is -2.48. The Morgan fingerprint density at radius 1 is 1.19 bits per heavy atom. The topological polar surface area (TPSA) is 58.8 Å². The maximum atomic E-state index is 12.8. The molecule has 1 aromatic heterocycles. The fourth-order valence-electron chi connectivity index (χ4n) is 3.81. The van der Waals surface area contributed by atoms with Gasteiger partial charge in [0, 0.05) is 36.3 Å². The number of ether oxygens (including phenoxy) is 1. The van der Waals surface area contributed by atoms with Crippen molar-refractivity contribution in [3.05, 3.63) is 41.1 Å². The van der Waals surface area contributed by atoms with Crippen LogP contribution in [0.3, 0.4) is 0 Å². The molecular weight excluding hydrogens is 366 g/mol. The normalized spacial score (nSPS) is 21.4. The first-order valence-electron chi connectivity index (χ1n) is 9.49. The molecule has 1 atom stereocenters. The zero-order valence-corrected chi connectivity index (χ0v) is 16.0. The number of halogens is 1. The van der Waals surface area contributed by atoms with Crippen molar-refractivity contribution in [3.63, 3.8) is 0 Å². The van der Waals surface area contributed by atoms with Gasteiger partial charge < -0.3 is 14.2 Å². The second-order valence-corrected chi connectivity index (χ2v) is 7.63. The number of aromatic nitrogens is 1. The summed E-state index contributed by atoms with van der Waals surface area (Å²) < 4.78 is 10.9. The highest BCUT2D eigenvalue weighted by atomic mass is 35.5. The molecule has 0 saturated carbocycles. The molecule has 2 fully saturated rings. The van der Waals surface area contributed by atoms with E-state index in [9.17, 15) is 4.79 Å². The van der Waals surface area contributed by atoms with Crippen molar-refractivity contribution >= 4 is 17.5 Å². The summed E-state index contributed by atoms with van der Waals surface area (Å²) in [7, 11) is 0. The number of hydrogen-bond acceptors (Lipinski definition) is 5. The van der Waals surface area contributed by atoms with E-state index < -0.39 is 0 Å². The van der Waals surface area contributed by atoms with Crippen LogP contribution in [0.4, 0.5) is 0 Å². The molecule has 3 heterocycles. The van der Waals surface area contributed by atoms with Crippen LogP contribution in [0.5, 0.6) is 0 Å². The quantitative estimate of drug-likeness (QED) is 0.804. The van der Waals surface area contributed by atoms with Gasteiger partial charge in [-0.1, -0.05) is 28.9 Å². The Hall–Kier alpha value is -1.89. The summed E-state index contributed by atoms with van der Waals surface area (Å²) in [6.07, 6.45) is 1.98.